The molecule has 0 fully saturated rings. The van der Waals surface area contributed by atoms with E-state index in [4.69, 9.17) is 0 Å². The molecule has 0 saturated carbocycles. The Morgan fingerprint density at radius 3 is 2.30 bits per heavy atom. The third-order valence-corrected chi connectivity index (χ3v) is 6.34. The van der Waals surface area contributed by atoms with Crippen molar-refractivity contribution in [2.75, 3.05) is 0 Å². The molecule has 5 aromatic rings. The van der Waals surface area contributed by atoms with Gasteiger partial charge in [-0.3, -0.25) is 14.6 Å². The summed E-state index contributed by atoms with van der Waals surface area (Å²) in [6, 6.07) is 28.7. The zero-order chi connectivity index (χ0) is 27.7. The van der Waals surface area contributed by atoms with Gasteiger partial charge < -0.3 is 15.7 Å². The molecule has 5 rings (SSSR count). The molecule has 0 aliphatic rings. The quantitative estimate of drug-likeness (QED) is 0.254. The number of carbonyl (C=O) groups is 2. The summed E-state index contributed by atoms with van der Waals surface area (Å²) in [4.78, 5) is 35.1. The number of amides is 2. The lowest BCUT2D eigenvalue weighted by Gasteiger charge is -2.24. The van der Waals surface area contributed by atoms with E-state index < -0.39 is 24.0 Å². The zero-order valence-electron chi connectivity index (χ0n) is 21.6. The standard InChI is InChI=1S/C31H28N6O3/c38-28(31(40)34-21-24-14-7-8-17-32-24)27(20-22-10-3-1-4-11-22)35-30(39)25-15-9-18-33-29(25)37-19-16-26(36-37)23-12-5-2-6-13-23/h1-19,27-28,38H,20-21H2,(H,34,40)(H,35,39). The Kier molecular flexibility index (Phi) is 8.33. The van der Waals surface area contributed by atoms with Gasteiger partial charge in [-0.25, -0.2) is 9.67 Å². The van der Waals surface area contributed by atoms with Crippen LogP contribution in [0.3, 0.4) is 0 Å². The zero-order valence-corrected chi connectivity index (χ0v) is 21.6. The number of nitrogens with zero attached hydrogens (tertiary/aromatic N) is 4. The number of nitrogens with one attached hydrogen (secondary N) is 2. The van der Waals surface area contributed by atoms with E-state index >= 15 is 0 Å². The van der Waals surface area contributed by atoms with Gasteiger partial charge in [0.25, 0.3) is 11.8 Å². The monoisotopic (exact) mass is 532 g/mol. The van der Waals surface area contributed by atoms with Crippen molar-refractivity contribution in [3.05, 3.63) is 132 Å². The van der Waals surface area contributed by atoms with Crippen LogP contribution in [0.1, 0.15) is 21.6 Å². The van der Waals surface area contributed by atoms with Crippen LogP contribution in [-0.2, 0) is 17.8 Å². The number of hydrogen-bond donors (Lipinski definition) is 3. The Morgan fingerprint density at radius 2 is 1.55 bits per heavy atom. The maximum atomic E-state index is 13.6. The molecule has 0 bridgehead atoms. The number of benzene rings is 2. The topological polar surface area (TPSA) is 122 Å². The summed E-state index contributed by atoms with van der Waals surface area (Å²) in [5.74, 6) is -0.773. The van der Waals surface area contributed by atoms with Gasteiger partial charge in [-0.2, -0.15) is 5.10 Å². The molecule has 0 saturated heterocycles. The highest BCUT2D eigenvalue weighted by Crippen LogP contribution is 2.19. The van der Waals surface area contributed by atoms with Crippen LogP contribution in [-0.4, -0.2) is 48.8 Å². The van der Waals surface area contributed by atoms with Gasteiger partial charge in [0.1, 0.15) is 0 Å². The van der Waals surface area contributed by atoms with E-state index in [-0.39, 0.29) is 18.5 Å². The van der Waals surface area contributed by atoms with Gasteiger partial charge in [0.15, 0.2) is 11.9 Å². The number of pyridine rings is 2. The molecule has 40 heavy (non-hydrogen) atoms. The first-order valence-electron chi connectivity index (χ1n) is 12.9. The minimum atomic E-state index is -1.51. The van der Waals surface area contributed by atoms with Crippen molar-refractivity contribution >= 4 is 11.8 Å². The largest absolute Gasteiger partial charge is 0.381 e. The van der Waals surface area contributed by atoms with Gasteiger partial charge in [-0.1, -0.05) is 66.7 Å². The summed E-state index contributed by atoms with van der Waals surface area (Å²) < 4.78 is 1.54. The fraction of sp³-hybridized carbons (Fsp3) is 0.129. The number of aromatic nitrogens is 4. The Bertz CT molecular complexity index is 1560. The summed E-state index contributed by atoms with van der Waals surface area (Å²) in [5.41, 5.74) is 3.44. The van der Waals surface area contributed by atoms with Crippen molar-refractivity contribution in [3.8, 4) is 17.1 Å². The second-order valence-corrected chi connectivity index (χ2v) is 9.14. The number of rotatable bonds is 10. The highest BCUT2D eigenvalue weighted by molar-refractivity contribution is 5.97. The lowest BCUT2D eigenvalue weighted by Crippen LogP contribution is -2.51. The molecule has 200 valence electrons. The minimum absolute atomic E-state index is 0.151. The number of hydrogen-bond acceptors (Lipinski definition) is 6. The molecular formula is C31H28N6O3. The van der Waals surface area contributed by atoms with Crippen LogP contribution in [0.25, 0.3) is 17.1 Å². The fourth-order valence-electron chi connectivity index (χ4n) is 4.28. The second kappa shape index (κ2) is 12.6. The Morgan fingerprint density at radius 1 is 0.825 bits per heavy atom. The van der Waals surface area contributed by atoms with Crippen LogP contribution in [0.5, 0.6) is 0 Å². The smallest absolute Gasteiger partial charge is 0.255 e. The molecule has 3 aromatic heterocycles. The van der Waals surface area contributed by atoms with Crippen molar-refractivity contribution in [2.24, 2.45) is 0 Å². The number of aliphatic hydroxyl groups excluding tert-OH is 1. The molecule has 9 heteroatoms. The summed E-state index contributed by atoms with van der Waals surface area (Å²) in [6.07, 6.45) is 3.67. The van der Waals surface area contributed by atoms with E-state index in [0.717, 1.165) is 16.8 Å². The molecule has 2 atom stereocenters. The van der Waals surface area contributed by atoms with E-state index in [9.17, 15) is 14.7 Å². The van der Waals surface area contributed by atoms with Gasteiger partial charge in [0.2, 0.25) is 0 Å². The van der Waals surface area contributed by atoms with Gasteiger partial charge in [-0.05, 0) is 42.3 Å². The van der Waals surface area contributed by atoms with Crippen LogP contribution in [0.15, 0.2) is 116 Å². The second-order valence-electron chi connectivity index (χ2n) is 9.14. The maximum absolute atomic E-state index is 13.6. The van der Waals surface area contributed by atoms with Crippen molar-refractivity contribution < 1.29 is 14.7 Å². The SMILES string of the molecule is O=C(NC(Cc1ccccc1)C(O)C(=O)NCc1ccccn1)c1cccnc1-n1ccc(-c2ccccc2)n1. The van der Waals surface area contributed by atoms with E-state index in [1.54, 1.807) is 47.5 Å². The van der Waals surface area contributed by atoms with Crippen molar-refractivity contribution in [3.63, 3.8) is 0 Å². The van der Waals surface area contributed by atoms with Crippen molar-refractivity contribution in [1.29, 1.82) is 0 Å². The van der Waals surface area contributed by atoms with Gasteiger partial charge in [0.05, 0.1) is 29.5 Å². The van der Waals surface area contributed by atoms with E-state index in [1.165, 1.54) is 0 Å². The molecule has 2 amide bonds. The minimum Gasteiger partial charge on any atom is -0.381 e. The van der Waals surface area contributed by atoms with E-state index in [1.807, 2.05) is 72.8 Å². The average Bonchev–Trinajstić information content (AvgIpc) is 3.51. The van der Waals surface area contributed by atoms with Crippen LogP contribution in [0.4, 0.5) is 0 Å². The molecule has 0 radical (unpaired) electrons. The molecule has 0 spiro atoms. The Labute approximate surface area is 231 Å². The van der Waals surface area contributed by atoms with Crippen LogP contribution >= 0.6 is 0 Å². The Balaban J connectivity index is 1.36. The number of aliphatic hydroxyl groups is 1. The Hall–Kier alpha value is -5.15. The van der Waals surface area contributed by atoms with Crippen LogP contribution in [0, 0.1) is 0 Å². The molecular weight excluding hydrogens is 504 g/mol. The normalized spacial score (nSPS) is 12.3. The first-order chi connectivity index (χ1) is 19.6. The highest BCUT2D eigenvalue weighted by Gasteiger charge is 2.29. The predicted molar refractivity (Wildman–Crippen MR) is 150 cm³/mol. The third-order valence-electron chi connectivity index (χ3n) is 6.34. The molecule has 0 aliphatic heterocycles. The maximum Gasteiger partial charge on any atom is 0.255 e. The van der Waals surface area contributed by atoms with Crippen molar-refractivity contribution in [1.82, 2.24) is 30.4 Å². The average molecular weight is 533 g/mol. The van der Waals surface area contributed by atoms with Crippen LogP contribution < -0.4 is 10.6 Å². The molecule has 3 N–H and O–H groups in total. The summed E-state index contributed by atoms with van der Waals surface area (Å²) in [7, 11) is 0. The molecule has 0 aliphatic carbocycles. The first kappa shape index (κ1) is 26.5. The van der Waals surface area contributed by atoms with E-state index in [2.05, 4.69) is 25.7 Å². The summed E-state index contributed by atoms with van der Waals surface area (Å²) in [5, 5.41) is 21.2. The first-order valence-corrected chi connectivity index (χ1v) is 12.9. The predicted octanol–water partition coefficient (Wildman–Crippen LogP) is 3.35. The van der Waals surface area contributed by atoms with Gasteiger partial charge in [-0.15, -0.1) is 0 Å². The lowest BCUT2D eigenvalue weighted by molar-refractivity contribution is -0.130. The molecule has 2 aromatic carbocycles. The molecule has 9 nitrogen and oxygen atoms in total. The third kappa shape index (κ3) is 6.46. The van der Waals surface area contributed by atoms with Crippen molar-refractivity contribution in [2.45, 2.75) is 25.1 Å². The van der Waals surface area contributed by atoms with E-state index in [0.29, 0.717) is 11.5 Å². The van der Waals surface area contributed by atoms with Crippen LogP contribution in [0.2, 0.25) is 0 Å². The van der Waals surface area contributed by atoms with Gasteiger partial charge >= 0.3 is 0 Å². The summed E-state index contributed by atoms with van der Waals surface area (Å²) in [6.45, 7) is 0.151. The lowest BCUT2D eigenvalue weighted by atomic mass is 10.00. The molecule has 3 heterocycles. The summed E-state index contributed by atoms with van der Waals surface area (Å²) >= 11 is 0. The molecule has 2 unspecified atom stereocenters. The number of carbonyl (C=O) groups excluding carboxylic acids is 2. The van der Waals surface area contributed by atoms with Gasteiger partial charge in [0, 0.05) is 24.2 Å². The fourth-order valence-corrected chi connectivity index (χ4v) is 4.28. The highest BCUT2D eigenvalue weighted by atomic mass is 16.3.